The summed E-state index contributed by atoms with van der Waals surface area (Å²) in [4.78, 5) is 2.60. The minimum atomic E-state index is 0. The van der Waals surface area contributed by atoms with Crippen molar-refractivity contribution in [3.63, 3.8) is 0 Å². The molecule has 0 bridgehead atoms. The molecule has 2 heterocycles. The van der Waals surface area contributed by atoms with Gasteiger partial charge in [-0.05, 0) is 23.6 Å². The zero-order valence-electron chi connectivity index (χ0n) is 9.49. The molecule has 1 N–H and O–H groups in total. The molecule has 17 heavy (non-hydrogen) atoms. The van der Waals surface area contributed by atoms with Crippen molar-refractivity contribution < 1.29 is 0 Å². The maximum Gasteiger partial charge on any atom is 0.0476 e. The average molecular weight is 340 g/mol. The fourth-order valence-electron chi connectivity index (χ4n) is 2.73. The van der Waals surface area contributed by atoms with Gasteiger partial charge in [-0.15, -0.1) is 24.8 Å². The Labute approximate surface area is 123 Å². The predicted molar refractivity (Wildman–Crippen MR) is 79.5 cm³/mol. The maximum atomic E-state index is 3.66. The first-order chi connectivity index (χ1) is 7.36. The fourth-order valence-corrected chi connectivity index (χ4v) is 3.31. The van der Waals surface area contributed by atoms with E-state index in [4.69, 9.17) is 0 Å². The van der Waals surface area contributed by atoms with Crippen LogP contribution in [0.3, 0.4) is 0 Å². The second kappa shape index (κ2) is 6.39. The van der Waals surface area contributed by atoms with Gasteiger partial charge in [0.1, 0.15) is 0 Å². The number of nitrogens with zero attached hydrogens (tertiary/aromatic N) is 1. The summed E-state index contributed by atoms with van der Waals surface area (Å²) in [5.74, 6) is 0. The van der Waals surface area contributed by atoms with Gasteiger partial charge >= 0.3 is 0 Å². The molecule has 2 aliphatic heterocycles. The number of piperazine rings is 1. The Bertz CT molecular complexity index is 387. The monoisotopic (exact) mass is 338 g/mol. The van der Waals surface area contributed by atoms with Gasteiger partial charge in [-0.2, -0.15) is 0 Å². The highest BCUT2D eigenvalue weighted by Gasteiger charge is 2.29. The van der Waals surface area contributed by atoms with Crippen LogP contribution in [0.25, 0.3) is 0 Å². The predicted octanol–water partition coefficient (Wildman–Crippen LogP) is 2.80. The third-order valence-corrected chi connectivity index (χ3v) is 4.26. The minimum Gasteiger partial charge on any atom is -0.314 e. The number of halogens is 3. The summed E-state index contributed by atoms with van der Waals surface area (Å²) >= 11 is 3.66. The SMILES string of the molecule is Brc1cccc2c1CCN1CCNCC21.Cl.Cl. The molecule has 2 aliphatic rings. The summed E-state index contributed by atoms with van der Waals surface area (Å²) in [5, 5.41) is 3.49. The number of rotatable bonds is 0. The van der Waals surface area contributed by atoms with Gasteiger partial charge in [0.05, 0.1) is 0 Å². The molecule has 2 nitrogen and oxygen atoms in total. The summed E-state index contributed by atoms with van der Waals surface area (Å²) in [6.45, 7) is 4.64. The molecule has 0 saturated carbocycles. The Morgan fingerprint density at radius 3 is 2.88 bits per heavy atom. The molecule has 5 heteroatoms. The first-order valence-corrected chi connectivity index (χ1v) is 6.37. The lowest BCUT2D eigenvalue weighted by molar-refractivity contribution is 0.151. The molecule has 1 aromatic rings. The van der Waals surface area contributed by atoms with Crippen molar-refractivity contribution >= 4 is 40.7 Å². The normalized spacial score (nSPS) is 22.8. The van der Waals surface area contributed by atoms with Crippen LogP contribution in [0.5, 0.6) is 0 Å². The molecule has 1 unspecified atom stereocenters. The van der Waals surface area contributed by atoms with Gasteiger partial charge in [-0.3, -0.25) is 4.90 Å². The van der Waals surface area contributed by atoms with E-state index in [2.05, 4.69) is 44.3 Å². The molecule has 0 amide bonds. The summed E-state index contributed by atoms with van der Waals surface area (Å²) < 4.78 is 1.28. The number of hydrogen-bond donors (Lipinski definition) is 1. The van der Waals surface area contributed by atoms with Gasteiger partial charge in [0, 0.05) is 36.7 Å². The largest absolute Gasteiger partial charge is 0.314 e. The van der Waals surface area contributed by atoms with Gasteiger partial charge in [0.25, 0.3) is 0 Å². The zero-order valence-corrected chi connectivity index (χ0v) is 12.7. The van der Waals surface area contributed by atoms with Crippen LogP contribution >= 0.6 is 40.7 Å². The number of fused-ring (bicyclic) bond motifs is 3. The van der Waals surface area contributed by atoms with Crippen LogP contribution in [0.15, 0.2) is 22.7 Å². The van der Waals surface area contributed by atoms with Crippen molar-refractivity contribution in [2.75, 3.05) is 26.2 Å². The Morgan fingerprint density at radius 1 is 1.24 bits per heavy atom. The lowest BCUT2D eigenvalue weighted by Crippen LogP contribution is -2.48. The van der Waals surface area contributed by atoms with Crippen LogP contribution in [0, 0.1) is 0 Å². The zero-order chi connectivity index (χ0) is 10.3. The number of benzene rings is 1. The van der Waals surface area contributed by atoms with E-state index in [0.717, 1.165) is 13.1 Å². The molecular formula is C12H17BrCl2N2. The molecule has 1 fully saturated rings. The lowest BCUT2D eigenvalue weighted by Gasteiger charge is -2.41. The molecule has 96 valence electrons. The molecule has 1 saturated heterocycles. The van der Waals surface area contributed by atoms with E-state index in [0.29, 0.717) is 6.04 Å². The van der Waals surface area contributed by atoms with Gasteiger partial charge in [0.15, 0.2) is 0 Å². The number of hydrogen-bond acceptors (Lipinski definition) is 2. The summed E-state index contributed by atoms with van der Waals surface area (Å²) in [6, 6.07) is 7.19. The van der Waals surface area contributed by atoms with Gasteiger partial charge in [0.2, 0.25) is 0 Å². The van der Waals surface area contributed by atoms with Crippen molar-refractivity contribution in [1.82, 2.24) is 10.2 Å². The molecule has 0 aromatic heterocycles. The summed E-state index contributed by atoms with van der Waals surface area (Å²) in [5.41, 5.74) is 3.03. The quantitative estimate of drug-likeness (QED) is 0.781. The number of nitrogens with one attached hydrogen (secondary N) is 1. The van der Waals surface area contributed by atoms with Crippen molar-refractivity contribution in [1.29, 1.82) is 0 Å². The van der Waals surface area contributed by atoms with Gasteiger partial charge in [-0.25, -0.2) is 0 Å². The van der Waals surface area contributed by atoms with E-state index in [1.165, 1.54) is 35.1 Å². The second-order valence-electron chi connectivity index (χ2n) is 4.31. The van der Waals surface area contributed by atoms with E-state index >= 15 is 0 Å². The Hall–Kier alpha value is 0.200. The lowest BCUT2D eigenvalue weighted by atomic mass is 9.91. The molecule has 0 radical (unpaired) electrons. The highest BCUT2D eigenvalue weighted by molar-refractivity contribution is 9.10. The van der Waals surface area contributed by atoms with E-state index in [-0.39, 0.29) is 24.8 Å². The molecule has 1 aromatic carbocycles. The highest BCUT2D eigenvalue weighted by atomic mass is 79.9. The molecular weight excluding hydrogens is 323 g/mol. The van der Waals surface area contributed by atoms with Crippen LogP contribution in [0.2, 0.25) is 0 Å². The highest BCUT2D eigenvalue weighted by Crippen LogP contribution is 2.34. The topological polar surface area (TPSA) is 15.3 Å². The molecule has 0 aliphatic carbocycles. The van der Waals surface area contributed by atoms with Crippen LogP contribution in [-0.2, 0) is 6.42 Å². The summed E-state index contributed by atoms with van der Waals surface area (Å²) in [7, 11) is 0. The van der Waals surface area contributed by atoms with E-state index < -0.39 is 0 Å². The standard InChI is InChI=1S/C12H15BrN2.2ClH/c13-11-3-1-2-10-9(11)4-6-15-7-5-14-8-12(10)15;;/h1-3,12,14H,4-8H2;2*1H. The first-order valence-electron chi connectivity index (χ1n) is 5.58. The third kappa shape index (κ3) is 2.79. The molecule has 1 atom stereocenters. The Balaban J connectivity index is 0.000000722. The average Bonchev–Trinajstić information content (AvgIpc) is 2.29. The third-order valence-electron chi connectivity index (χ3n) is 3.52. The Morgan fingerprint density at radius 2 is 2.06 bits per heavy atom. The molecule has 0 spiro atoms. The van der Waals surface area contributed by atoms with Crippen molar-refractivity contribution in [3.05, 3.63) is 33.8 Å². The van der Waals surface area contributed by atoms with Crippen LogP contribution < -0.4 is 5.32 Å². The van der Waals surface area contributed by atoms with Gasteiger partial charge in [-0.1, -0.05) is 28.1 Å². The van der Waals surface area contributed by atoms with Gasteiger partial charge < -0.3 is 5.32 Å². The van der Waals surface area contributed by atoms with Crippen molar-refractivity contribution in [3.8, 4) is 0 Å². The molecule has 3 rings (SSSR count). The van der Waals surface area contributed by atoms with E-state index in [1.807, 2.05) is 0 Å². The van der Waals surface area contributed by atoms with E-state index in [1.54, 1.807) is 0 Å². The van der Waals surface area contributed by atoms with Crippen molar-refractivity contribution in [2.45, 2.75) is 12.5 Å². The second-order valence-corrected chi connectivity index (χ2v) is 5.17. The maximum absolute atomic E-state index is 3.66. The first kappa shape index (κ1) is 15.3. The van der Waals surface area contributed by atoms with Crippen molar-refractivity contribution in [2.24, 2.45) is 0 Å². The van der Waals surface area contributed by atoms with Crippen LogP contribution in [0.1, 0.15) is 17.2 Å². The summed E-state index contributed by atoms with van der Waals surface area (Å²) in [6.07, 6.45) is 1.19. The van der Waals surface area contributed by atoms with E-state index in [9.17, 15) is 0 Å². The smallest absolute Gasteiger partial charge is 0.0476 e. The minimum absolute atomic E-state index is 0. The fraction of sp³-hybridized carbons (Fsp3) is 0.500. The van der Waals surface area contributed by atoms with Crippen LogP contribution in [0.4, 0.5) is 0 Å². The van der Waals surface area contributed by atoms with Crippen LogP contribution in [-0.4, -0.2) is 31.1 Å². The Kier molecular flexibility index (Phi) is 5.74.